The van der Waals surface area contributed by atoms with Gasteiger partial charge in [-0.3, -0.25) is 0 Å². The van der Waals surface area contributed by atoms with Crippen molar-refractivity contribution in [2.45, 2.75) is 44.9 Å². The zero-order valence-electron chi connectivity index (χ0n) is 20.4. The van der Waals surface area contributed by atoms with Crippen LogP contribution in [0.4, 0.5) is 24.8 Å². The van der Waals surface area contributed by atoms with Crippen LogP contribution in [-0.2, 0) is 18.2 Å². The van der Waals surface area contributed by atoms with Crippen LogP contribution >= 0.6 is 11.3 Å². The predicted octanol–water partition coefficient (Wildman–Crippen LogP) is 6.25. The highest BCUT2D eigenvalue weighted by Crippen LogP contribution is 2.44. The van der Waals surface area contributed by atoms with Gasteiger partial charge in [0.05, 0.1) is 21.7 Å². The minimum Gasteiger partial charge on any atom is -0.478 e. The fraction of sp³-hybridized carbons (Fsp3) is 0.259. The zero-order valence-corrected chi connectivity index (χ0v) is 21.2. The second kappa shape index (κ2) is 9.48. The van der Waals surface area contributed by atoms with Crippen molar-refractivity contribution in [1.29, 1.82) is 0 Å². The first-order valence-corrected chi connectivity index (χ1v) is 12.6. The molecule has 1 unspecified atom stereocenters. The second-order valence-electron chi connectivity index (χ2n) is 9.28. The summed E-state index contributed by atoms with van der Waals surface area (Å²) >= 11 is 1.27. The van der Waals surface area contributed by atoms with Gasteiger partial charge in [0.25, 0.3) is 0 Å². The molecule has 0 bridgehead atoms. The molecule has 3 heterocycles. The number of aromatic carboxylic acids is 1. The normalized spacial score (nSPS) is 17.2. The third-order valence-corrected chi connectivity index (χ3v) is 7.84. The molecule has 0 fully saturated rings. The first-order valence-electron chi connectivity index (χ1n) is 11.8. The van der Waals surface area contributed by atoms with Gasteiger partial charge in [-0.15, -0.1) is 11.3 Å². The number of rotatable bonds is 5. The molecule has 1 aliphatic rings. The highest BCUT2D eigenvalue weighted by Gasteiger charge is 2.40. The molecule has 1 aromatic carbocycles. The molecule has 1 aliphatic carbocycles. The van der Waals surface area contributed by atoms with Gasteiger partial charge in [0.2, 0.25) is 0 Å². The van der Waals surface area contributed by atoms with Crippen LogP contribution in [-0.4, -0.2) is 31.1 Å². The van der Waals surface area contributed by atoms with E-state index in [0.717, 1.165) is 29.5 Å². The van der Waals surface area contributed by atoms with E-state index in [1.165, 1.54) is 17.4 Å². The predicted molar refractivity (Wildman–Crippen MR) is 137 cm³/mol. The third-order valence-electron chi connectivity index (χ3n) is 6.66. The van der Waals surface area contributed by atoms with Crippen molar-refractivity contribution in [3.63, 3.8) is 0 Å². The minimum atomic E-state index is -4.49. The number of carbonyl (C=O) groups is 1. The molecule has 0 radical (unpaired) electrons. The SMILES string of the molecule is Cc1cc(Nc2cc(C(F)(F)F)ccn2)nc(-c2cnc(C3(O)CCCc4c3ccc(C(=O)O)c4C)s2)c1. The van der Waals surface area contributed by atoms with Crippen molar-refractivity contribution in [2.24, 2.45) is 0 Å². The van der Waals surface area contributed by atoms with Crippen molar-refractivity contribution < 1.29 is 28.2 Å². The lowest BCUT2D eigenvalue weighted by Gasteiger charge is -2.34. The number of fused-ring (bicyclic) bond motifs is 1. The van der Waals surface area contributed by atoms with E-state index >= 15 is 0 Å². The van der Waals surface area contributed by atoms with E-state index in [2.05, 4.69) is 20.3 Å². The number of alkyl halides is 3. The molecule has 0 saturated carbocycles. The summed E-state index contributed by atoms with van der Waals surface area (Å²) in [6.07, 6.45) is -0.0205. The van der Waals surface area contributed by atoms with Crippen LogP contribution < -0.4 is 5.32 Å². The van der Waals surface area contributed by atoms with Crippen LogP contribution in [0.5, 0.6) is 0 Å². The molecule has 196 valence electrons. The number of benzene rings is 1. The number of hydrogen-bond acceptors (Lipinski definition) is 7. The Kier molecular flexibility index (Phi) is 6.44. The number of aliphatic hydroxyl groups is 1. The van der Waals surface area contributed by atoms with Gasteiger partial charge in [0, 0.05) is 12.4 Å². The van der Waals surface area contributed by atoms with E-state index in [-0.39, 0.29) is 11.4 Å². The molecule has 3 aromatic heterocycles. The Labute approximate surface area is 220 Å². The van der Waals surface area contributed by atoms with E-state index in [0.29, 0.717) is 51.8 Å². The van der Waals surface area contributed by atoms with Crippen LogP contribution in [0.1, 0.15) is 56.0 Å². The van der Waals surface area contributed by atoms with E-state index < -0.39 is 23.3 Å². The quantitative estimate of drug-likeness (QED) is 0.275. The number of aryl methyl sites for hydroxylation is 1. The first-order chi connectivity index (χ1) is 18.0. The molecule has 5 rings (SSSR count). The summed E-state index contributed by atoms with van der Waals surface area (Å²) < 4.78 is 39.3. The van der Waals surface area contributed by atoms with E-state index in [4.69, 9.17) is 0 Å². The Morgan fingerprint density at radius 2 is 1.89 bits per heavy atom. The zero-order chi connectivity index (χ0) is 27.2. The van der Waals surface area contributed by atoms with Crippen molar-refractivity contribution in [1.82, 2.24) is 15.0 Å². The number of carboxylic acids is 1. The Morgan fingerprint density at radius 3 is 2.63 bits per heavy atom. The molecule has 0 saturated heterocycles. The maximum atomic E-state index is 13.1. The van der Waals surface area contributed by atoms with Gasteiger partial charge in [-0.25, -0.2) is 19.7 Å². The van der Waals surface area contributed by atoms with E-state index in [9.17, 15) is 28.2 Å². The maximum Gasteiger partial charge on any atom is 0.416 e. The fourth-order valence-electron chi connectivity index (χ4n) is 4.82. The van der Waals surface area contributed by atoms with E-state index in [1.807, 2.05) is 13.0 Å². The Morgan fingerprint density at radius 1 is 1.11 bits per heavy atom. The summed E-state index contributed by atoms with van der Waals surface area (Å²) in [5.74, 6) is -0.676. The minimum absolute atomic E-state index is 0.0121. The largest absolute Gasteiger partial charge is 0.478 e. The average Bonchev–Trinajstić information content (AvgIpc) is 3.35. The molecular formula is C27H23F3N4O3S. The van der Waals surface area contributed by atoms with Gasteiger partial charge in [-0.1, -0.05) is 6.07 Å². The summed E-state index contributed by atoms with van der Waals surface area (Å²) in [7, 11) is 0. The summed E-state index contributed by atoms with van der Waals surface area (Å²) in [4.78, 5) is 25.3. The van der Waals surface area contributed by atoms with Gasteiger partial charge >= 0.3 is 12.1 Å². The standard InChI is InChI=1S/C27H23F3N4O3S/c1-14-10-20(33-23(11-14)34-22-12-16(7-9-31-22)27(28,29)30)21-13-32-25(38-21)26(37)8-3-4-17-15(2)18(24(35)36)5-6-19(17)26/h5-7,9-13,37H,3-4,8H2,1-2H3,(H,35,36)(H,31,33,34). The Bertz CT molecular complexity index is 1550. The number of aromatic nitrogens is 3. The molecule has 0 aliphatic heterocycles. The summed E-state index contributed by atoms with van der Waals surface area (Å²) in [6, 6.07) is 8.52. The van der Waals surface area contributed by atoms with Crippen LogP contribution in [0, 0.1) is 13.8 Å². The molecule has 0 amide bonds. The lowest BCUT2D eigenvalue weighted by molar-refractivity contribution is -0.137. The van der Waals surface area contributed by atoms with Gasteiger partial charge in [-0.05, 0) is 85.7 Å². The molecule has 1 atom stereocenters. The molecule has 7 nitrogen and oxygen atoms in total. The average molecular weight is 541 g/mol. The Hall–Kier alpha value is -3.83. The number of pyridine rings is 2. The summed E-state index contributed by atoms with van der Waals surface area (Å²) in [5, 5.41) is 24.6. The highest BCUT2D eigenvalue weighted by molar-refractivity contribution is 7.15. The fourth-order valence-corrected chi connectivity index (χ4v) is 5.83. The lowest BCUT2D eigenvalue weighted by atomic mass is 9.77. The molecule has 0 spiro atoms. The molecule has 11 heteroatoms. The van der Waals surface area contributed by atoms with Gasteiger partial charge in [0.15, 0.2) is 0 Å². The van der Waals surface area contributed by atoms with Crippen LogP contribution in [0.15, 0.2) is 48.8 Å². The van der Waals surface area contributed by atoms with E-state index in [1.54, 1.807) is 25.3 Å². The third kappa shape index (κ3) is 4.74. The molecular weight excluding hydrogens is 517 g/mol. The highest BCUT2D eigenvalue weighted by atomic mass is 32.1. The van der Waals surface area contributed by atoms with Gasteiger partial charge < -0.3 is 15.5 Å². The number of nitrogens with one attached hydrogen (secondary N) is 1. The van der Waals surface area contributed by atoms with Crippen molar-refractivity contribution in [3.05, 3.63) is 87.2 Å². The number of carboxylic acid groups (broad SMARTS) is 1. The number of thiazole rings is 1. The van der Waals surface area contributed by atoms with Crippen molar-refractivity contribution >= 4 is 28.9 Å². The second-order valence-corrected chi connectivity index (χ2v) is 10.3. The molecule has 4 aromatic rings. The topological polar surface area (TPSA) is 108 Å². The first kappa shape index (κ1) is 25.8. The summed E-state index contributed by atoms with van der Waals surface area (Å²) in [6.45, 7) is 3.59. The van der Waals surface area contributed by atoms with Crippen LogP contribution in [0.3, 0.4) is 0 Å². The number of anilines is 2. The number of hydrogen-bond donors (Lipinski definition) is 3. The molecule has 38 heavy (non-hydrogen) atoms. The number of halogens is 3. The summed E-state index contributed by atoms with van der Waals surface area (Å²) in [5.41, 5.74) is 1.51. The van der Waals surface area contributed by atoms with Crippen molar-refractivity contribution in [2.75, 3.05) is 5.32 Å². The van der Waals surface area contributed by atoms with Crippen LogP contribution in [0.25, 0.3) is 10.6 Å². The monoisotopic (exact) mass is 540 g/mol. The van der Waals surface area contributed by atoms with Gasteiger partial charge in [0.1, 0.15) is 22.2 Å². The smallest absolute Gasteiger partial charge is 0.416 e. The Balaban J connectivity index is 1.48. The molecule has 3 N–H and O–H groups in total. The van der Waals surface area contributed by atoms with Crippen molar-refractivity contribution in [3.8, 4) is 10.6 Å². The number of nitrogens with zero attached hydrogens (tertiary/aromatic N) is 3. The lowest BCUT2D eigenvalue weighted by Crippen LogP contribution is -2.32. The van der Waals surface area contributed by atoms with Gasteiger partial charge in [-0.2, -0.15) is 13.2 Å². The van der Waals surface area contributed by atoms with Crippen LogP contribution in [0.2, 0.25) is 0 Å². The maximum absolute atomic E-state index is 13.1.